The zero-order valence-electron chi connectivity index (χ0n) is 29.3. The van der Waals surface area contributed by atoms with Crippen molar-refractivity contribution in [2.24, 2.45) is 17.2 Å². The normalized spacial score (nSPS) is 12.6. The van der Waals surface area contributed by atoms with E-state index in [1.807, 2.05) is 19.9 Å². The first-order chi connectivity index (χ1) is 25.3. The Morgan fingerprint density at radius 1 is 0.870 bits per heavy atom. The molecule has 4 aromatic rings. The van der Waals surface area contributed by atoms with Gasteiger partial charge in [-0.1, -0.05) is 18.2 Å². The summed E-state index contributed by atoms with van der Waals surface area (Å²) in [6.07, 6.45) is -1.44. The highest BCUT2D eigenvalue weighted by molar-refractivity contribution is 6.06. The van der Waals surface area contributed by atoms with Gasteiger partial charge in [-0.2, -0.15) is 13.2 Å². The maximum atomic E-state index is 12.4. The summed E-state index contributed by atoms with van der Waals surface area (Å²) in [4.78, 5) is 80.1. The number of carbonyl (C=O) groups is 6. The molecule has 290 valence electrons. The van der Waals surface area contributed by atoms with E-state index >= 15 is 0 Å². The van der Waals surface area contributed by atoms with Crippen molar-refractivity contribution in [2.75, 3.05) is 13.1 Å². The van der Waals surface area contributed by atoms with E-state index in [2.05, 4.69) is 30.9 Å². The zero-order chi connectivity index (χ0) is 40.3. The fourth-order valence-electron chi connectivity index (χ4n) is 4.80. The van der Waals surface area contributed by atoms with Gasteiger partial charge in [-0.25, -0.2) is 15.0 Å². The Kier molecular flexibility index (Phi) is 14.1. The van der Waals surface area contributed by atoms with Crippen molar-refractivity contribution < 1.29 is 47.0 Å². The molecule has 22 heteroatoms. The van der Waals surface area contributed by atoms with Gasteiger partial charge in [0.05, 0.1) is 18.8 Å². The Hall–Kier alpha value is -6.58. The molecule has 1 atom stereocenters. The molecule has 0 saturated carbocycles. The number of nitrogens with one attached hydrogen (secondary N) is 3. The van der Waals surface area contributed by atoms with Crippen LogP contribution in [0.15, 0.2) is 49.3 Å². The van der Waals surface area contributed by atoms with Crippen molar-refractivity contribution in [1.29, 1.82) is 0 Å². The number of aromatic nitrogens is 6. The molecule has 1 aromatic carbocycles. The van der Waals surface area contributed by atoms with Crippen LogP contribution in [0.2, 0.25) is 0 Å². The third kappa shape index (κ3) is 11.2. The number of halogens is 3. The topological polar surface area (TPSA) is 290 Å². The first-order valence-electron chi connectivity index (χ1n) is 16.1. The van der Waals surface area contributed by atoms with Gasteiger partial charge in [-0.3, -0.25) is 33.3 Å². The molecular weight excluding hydrogens is 721 g/mol. The molecule has 0 saturated heterocycles. The highest BCUT2D eigenvalue weighted by Gasteiger charge is 2.32. The van der Waals surface area contributed by atoms with E-state index < -0.39 is 53.8 Å². The SMILES string of the molecule is CC(C)NC(=O)c1ncn2c1C(=O)NCC2.C[C@@H](O)CCNC(=O)c1c(C(N)=O)ncn1CC(F)(F)F.NC(=O)c1ncn(-c2ccccc2)c1C(N)=O. The lowest BCUT2D eigenvalue weighted by Crippen LogP contribution is -2.38. The second kappa shape index (κ2) is 18.3. The Labute approximate surface area is 305 Å². The van der Waals surface area contributed by atoms with Crippen LogP contribution in [0.25, 0.3) is 5.69 Å². The maximum absolute atomic E-state index is 12.4. The molecule has 5 rings (SSSR count). The summed E-state index contributed by atoms with van der Waals surface area (Å²) in [6.45, 7) is 5.02. The first kappa shape index (κ1) is 41.8. The highest BCUT2D eigenvalue weighted by Crippen LogP contribution is 2.20. The molecule has 0 bridgehead atoms. The number of alkyl halides is 3. The number of benzene rings is 1. The molecule has 54 heavy (non-hydrogen) atoms. The molecular formula is C32H39F3N12O7. The predicted molar refractivity (Wildman–Crippen MR) is 183 cm³/mol. The molecule has 4 heterocycles. The minimum atomic E-state index is -4.58. The molecule has 1 aliphatic rings. The van der Waals surface area contributed by atoms with E-state index in [9.17, 15) is 41.9 Å². The van der Waals surface area contributed by atoms with Crippen LogP contribution in [-0.4, -0.2) is 101 Å². The van der Waals surface area contributed by atoms with Gasteiger partial charge in [0.1, 0.15) is 30.0 Å². The molecule has 1 aliphatic heterocycles. The number of aliphatic hydroxyl groups is 1. The molecule has 0 aliphatic carbocycles. The Morgan fingerprint density at radius 3 is 2.02 bits per heavy atom. The number of imidazole rings is 3. The summed E-state index contributed by atoms with van der Waals surface area (Å²) in [7, 11) is 0. The number of fused-ring (bicyclic) bond motifs is 1. The zero-order valence-corrected chi connectivity index (χ0v) is 29.3. The molecule has 0 radical (unpaired) electrons. The first-order valence-corrected chi connectivity index (χ1v) is 16.1. The van der Waals surface area contributed by atoms with Crippen LogP contribution in [-0.2, 0) is 13.1 Å². The number of para-hydroxylation sites is 1. The van der Waals surface area contributed by atoms with Crippen LogP contribution in [0.1, 0.15) is 90.1 Å². The number of nitrogens with two attached hydrogens (primary N) is 3. The number of primary amides is 3. The Bertz CT molecular complexity index is 1990. The van der Waals surface area contributed by atoms with Crippen molar-refractivity contribution in [3.05, 3.63) is 83.5 Å². The minimum Gasteiger partial charge on any atom is -0.393 e. The smallest absolute Gasteiger partial charge is 0.393 e. The van der Waals surface area contributed by atoms with Gasteiger partial charge in [-0.15, -0.1) is 0 Å². The van der Waals surface area contributed by atoms with Crippen LogP contribution in [0.4, 0.5) is 13.2 Å². The molecule has 0 unspecified atom stereocenters. The van der Waals surface area contributed by atoms with Gasteiger partial charge in [0.2, 0.25) is 0 Å². The number of hydrogen-bond donors (Lipinski definition) is 7. The van der Waals surface area contributed by atoms with E-state index in [4.69, 9.17) is 22.3 Å². The van der Waals surface area contributed by atoms with Crippen molar-refractivity contribution >= 4 is 35.4 Å². The summed E-state index contributed by atoms with van der Waals surface area (Å²) < 4.78 is 40.9. The van der Waals surface area contributed by atoms with Crippen molar-refractivity contribution in [3.63, 3.8) is 0 Å². The quantitative estimate of drug-likeness (QED) is 0.106. The lowest BCUT2D eigenvalue weighted by molar-refractivity contribution is -0.140. The van der Waals surface area contributed by atoms with Gasteiger partial charge in [0, 0.05) is 31.4 Å². The summed E-state index contributed by atoms with van der Waals surface area (Å²) in [6, 6.07) is 8.97. The number of carbonyl (C=O) groups excluding carboxylic acids is 6. The van der Waals surface area contributed by atoms with E-state index in [-0.39, 0.29) is 47.9 Å². The number of amides is 6. The largest absolute Gasteiger partial charge is 0.406 e. The van der Waals surface area contributed by atoms with Crippen molar-refractivity contribution in [1.82, 2.24) is 44.6 Å². The lowest BCUT2D eigenvalue weighted by atomic mass is 10.2. The minimum absolute atomic E-state index is 0.0105. The number of nitrogens with zero attached hydrogens (tertiary/aromatic N) is 6. The van der Waals surface area contributed by atoms with Gasteiger partial charge in [0.25, 0.3) is 35.4 Å². The summed E-state index contributed by atoms with van der Waals surface area (Å²) in [5.41, 5.74) is 15.4. The second-order valence-electron chi connectivity index (χ2n) is 11.8. The maximum Gasteiger partial charge on any atom is 0.406 e. The summed E-state index contributed by atoms with van der Waals surface area (Å²) in [5, 5.41) is 16.8. The Morgan fingerprint density at radius 2 is 1.46 bits per heavy atom. The van der Waals surface area contributed by atoms with E-state index in [1.165, 1.54) is 24.1 Å². The summed E-state index contributed by atoms with van der Waals surface area (Å²) >= 11 is 0. The fraction of sp³-hybridized carbons (Fsp3) is 0.344. The standard InChI is InChI=1S/C11H15F3N4O3.C11H10N4O2.C10H14N4O2/c1-6(19)2-3-16-10(21)8-7(9(15)20)17-5-18(8)4-11(12,13)14;12-10(16)8-9(11(13)17)15(6-14-8)7-4-2-1-3-5-7;1-6(2)13-9(15)7-8-10(16)11-3-4-14(8)5-12-7/h5-6,19H,2-4H2,1H3,(H2,15,20)(H,16,21);1-6H,(H2,12,16)(H2,13,17);5-6H,3-4H2,1-2H3,(H,11,16)(H,13,15)/t6-;;/m1../s1. The van der Waals surface area contributed by atoms with Gasteiger partial charge < -0.3 is 47.4 Å². The number of hydrogen-bond acceptors (Lipinski definition) is 10. The lowest BCUT2D eigenvalue weighted by Gasteiger charge is -2.16. The molecule has 10 N–H and O–H groups in total. The third-order valence-electron chi connectivity index (χ3n) is 7.08. The fourth-order valence-corrected chi connectivity index (χ4v) is 4.80. The van der Waals surface area contributed by atoms with Crippen LogP contribution < -0.4 is 33.2 Å². The van der Waals surface area contributed by atoms with Crippen LogP contribution in [0, 0.1) is 0 Å². The number of rotatable bonds is 11. The second-order valence-corrected chi connectivity index (χ2v) is 11.8. The predicted octanol–water partition coefficient (Wildman–Crippen LogP) is -0.120. The van der Waals surface area contributed by atoms with Gasteiger partial charge >= 0.3 is 6.18 Å². The van der Waals surface area contributed by atoms with Crippen molar-refractivity contribution in [2.45, 2.75) is 58.6 Å². The van der Waals surface area contributed by atoms with E-state index in [0.29, 0.717) is 29.0 Å². The monoisotopic (exact) mass is 760 g/mol. The van der Waals surface area contributed by atoms with Crippen LogP contribution >= 0.6 is 0 Å². The van der Waals surface area contributed by atoms with E-state index in [1.54, 1.807) is 28.8 Å². The van der Waals surface area contributed by atoms with Gasteiger partial charge in [0.15, 0.2) is 17.1 Å². The van der Waals surface area contributed by atoms with Crippen LogP contribution in [0.3, 0.4) is 0 Å². The summed E-state index contributed by atoms with van der Waals surface area (Å²) in [5.74, 6) is -4.09. The molecule has 0 fully saturated rings. The third-order valence-corrected chi connectivity index (χ3v) is 7.08. The molecule has 19 nitrogen and oxygen atoms in total. The van der Waals surface area contributed by atoms with E-state index in [0.717, 1.165) is 6.33 Å². The molecule has 3 aromatic heterocycles. The Balaban J connectivity index is 0.000000220. The van der Waals surface area contributed by atoms with Crippen molar-refractivity contribution in [3.8, 4) is 5.69 Å². The average molecular weight is 761 g/mol. The van der Waals surface area contributed by atoms with Crippen LogP contribution in [0.5, 0.6) is 0 Å². The van der Waals surface area contributed by atoms with Gasteiger partial charge in [-0.05, 0) is 39.3 Å². The molecule has 6 amide bonds. The molecule has 0 spiro atoms. The number of aliphatic hydroxyl groups excluding tert-OH is 1. The highest BCUT2D eigenvalue weighted by atomic mass is 19.4. The average Bonchev–Trinajstić information content (AvgIpc) is 3.82.